The molecule has 2 rings (SSSR count). The molecular weight excluding hydrogens is 180 g/mol. The fourth-order valence-corrected chi connectivity index (χ4v) is 1.55. The maximum Gasteiger partial charge on any atom is 0.317 e. The minimum Gasteiger partial charge on any atom is -0.390 e. The van der Waals surface area contributed by atoms with Crippen molar-refractivity contribution in [3.8, 4) is 0 Å². The molecule has 5 nitrogen and oxygen atoms in total. The first-order chi connectivity index (χ1) is 6.78. The van der Waals surface area contributed by atoms with E-state index in [1.54, 1.807) is 0 Å². The highest BCUT2D eigenvalue weighted by Crippen LogP contribution is 2.34. The zero-order chi connectivity index (χ0) is 9.97. The molecule has 0 aromatic carbocycles. The van der Waals surface area contributed by atoms with Gasteiger partial charge in [-0.1, -0.05) is 30.0 Å². The predicted octanol–water partition coefficient (Wildman–Crippen LogP) is 1.64. The summed E-state index contributed by atoms with van der Waals surface area (Å²) in [6.45, 7) is 2.15. The lowest BCUT2D eigenvalue weighted by molar-refractivity contribution is 0.536. The van der Waals surface area contributed by atoms with Gasteiger partial charge in [0.25, 0.3) is 0 Å². The lowest BCUT2D eigenvalue weighted by Gasteiger charge is -2.13. The maximum absolute atomic E-state index is 5.33. The Morgan fingerprint density at radius 1 is 1.57 bits per heavy atom. The van der Waals surface area contributed by atoms with Crippen molar-refractivity contribution in [2.24, 2.45) is 5.92 Å². The Morgan fingerprint density at radius 3 is 2.86 bits per heavy atom. The summed E-state index contributed by atoms with van der Waals surface area (Å²) < 4.78 is 5.06. The molecule has 3 N–H and O–H groups in total. The van der Waals surface area contributed by atoms with Crippen molar-refractivity contribution in [3.05, 3.63) is 0 Å². The van der Waals surface area contributed by atoms with Gasteiger partial charge in [-0.3, -0.25) is 0 Å². The molecule has 1 fully saturated rings. The van der Waals surface area contributed by atoms with Gasteiger partial charge in [0.2, 0.25) is 0 Å². The van der Waals surface area contributed by atoms with E-state index >= 15 is 0 Å². The van der Waals surface area contributed by atoms with Gasteiger partial charge in [0, 0.05) is 6.04 Å². The molecule has 0 saturated heterocycles. The first-order valence-electron chi connectivity index (χ1n) is 5.13. The maximum atomic E-state index is 5.33. The van der Waals surface area contributed by atoms with Crippen molar-refractivity contribution in [2.45, 2.75) is 38.6 Å². The van der Waals surface area contributed by atoms with Gasteiger partial charge in [0.15, 0.2) is 0 Å². The molecule has 78 valence electrons. The quantitative estimate of drug-likeness (QED) is 0.748. The number of hydrogen-bond acceptors (Lipinski definition) is 5. The van der Waals surface area contributed by atoms with Crippen LogP contribution in [0.4, 0.5) is 12.0 Å². The third-order valence-corrected chi connectivity index (χ3v) is 2.58. The van der Waals surface area contributed by atoms with E-state index in [0.717, 1.165) is 12.3 Å². The van der Waals surface area contributed by atoms with Crippen molar-refractivity contribution >= 4 is 12.0 Å². The second-order valence-corrected chi connectivity index (χ2v) is 3.87. The van der Waals surface area contributed by atoms with Gasteiger partial charge in [-0.05, 0) is 18.8 Å². The summed E-state index contributed by atoms with van der Waals surface area (Å²) in [6, 6.07) is 0.992. The van der Waals surface area contributed by atoms with Crippen molar-refractivity contribution in [1.29, 1.82) is 0 Å². The van der Waals surface area contributed by atoms with Crippen LogP contribution in [0.1, 0.15) is 32.6 Å². The molecule has 1 aromatic rings. The van der Waals surface area contributed by atoms with E-state index in [1.165, 1.54) is 19.3 Å². The SMILES string of the molecule is CCC(CC1CC1)Nc1nnc(N)o1. The van der Waals surface area contributed by atoms with Crippen LogP contribution in [0.3, 0.4) is 0 Å². The number of anilines is 2. The van der Waals surface area contributed by atoms with E-state index in [0.29, 0.717) is 12.1 Å². The number of nitrogen functional groups attached to an aromatic ring is 1. The number of nitrogens with zero attached hydrogens (tertiary/aromatic N) is 2. The molecule has 14 heavy (non-hydrogen) atoms. The number of nitrogens with two attached hydrogens (primary N) is 1. The van der Waals surface area contributed by atoms with Gasteiger partial charge in [0.1, 0.15) is 0 Å². The molecular formula is C9H16N4O. The van der Waals surface area contributed by atoms with E-state index < -0.39 is 0 Å². The molecule has 0 bridgehead atoms. The van der Waals surface area contributed by atoms with Crippen LogP contribution >= 0.6 is 0 Å². The van der Waals surface area contributed by atoms with E-state index in [4.69, 9.17) is 10.2 Å². The molecule has 1 atom stereocenters. The molecule has 1 unspecified atom stereocenters. The van der Waals surface area contributed by atoms with Crippen LogP contribution in [-0.2, 0) is 0 Å². The van der Waals surface area contributed by atoms with Crippen LogP contribution in [0, 0.1) is 5.92 Å². The van der Waals surface area contributed by atoms with E-state index in [9.17, 15) is 0 Å². The zero-order valence-electron chi connectivity index (χ0n) is 8.36. The van der Waals surface area contributed by atoms with Gasteiger partial charge < -0.3 is 15.5 Å². The standard InChI is InChI=1S/C9H16N4O/c1-2-7(5-6-3-4-6)11-9-13-12-8(10)14-9/h6-7H,2-5H2,1H3,(H2,10,12)(H,11,13). The molecule has 0 spiro atoms. The predicted molar refractivity (Wildman–Crippen MR) is 53.8 cm³/mol. The normalized spacial score (nSPS) is 18.1. The average Bonchev–Trinajstić information content (AvgIpc) is 2.89. The molecule has 1 aliphatic rings. The van der Waals surface area contributed by atoms with Crippen LogP contribution in [0.25, 0.3) is 0 Å². The summed E-state index contributed by atoms with van der Waals surface area (Å²) in [4.78, 5) is 0. The highest BCUT2D eigenvalue weighted by molar-refractivity contribution is 5.24. The molecule has 5 heteroatoms. The largest absolute Gasteiger partial charge is 0.390 e. The van der Waals surface area contributed by atoms with Gasteiger partial charge >= 0.3 is 12.0 Å². The van der Waals surface area contributed by atoms with Gasteiger partial charge in [-0.2, -0.15) is 0 Å². The molecule has 1 saturated carbocycles. The van der Waals surface area contributed by atoms with Gasteiger partial charge in [-0.15, -0.1) is 0 Å². The number of rotatable bonds is 5. The summed E-state index contributed by atoms with van der Waals surface area (Å²) >= 11 is 0. The number of aromatic nitrogens is 2. The van der Waals surface area contributed by atoms with Crippen LogP contribution in [0.5, 0.6) is 0 Å². The summed E-state index contributed by atoms with van der Waals surface area (Å²) in [5.74, 6) is 0.896. The summed E-state index contributed by atoms with van der Waals surface area (Å²) in [6.07, 6.45) is 4.99. The number of hydrogen-bond donors (Lipinski definition) is 2. The van der Waals surface area contributed by atoms with Crippen molar-refractivity contribution < 1.29 is 4.42 Å². The Labute approximate surface area is 83.1 Å². The first kappa shape index (κ1) is 9.30. The Hall–Kier alpha value is -1.26. The molecule has 1 aliphatic carbocycles. The van der Waals surface area contributed by atoms with E-state index in [2.05, 4.69) is 22.4 Å². The zero-order valence-corrected chi connectivity index (χ0v) is 8.36. The molecule has 1 aromatic heterocycles. The minimum atomic E-state index is 0.119. The van der Waals surface area contributed by atoms with E-state index in [-0.39, 0.29) is 6.01 Å². The smallest absolute Gasteiger partial charge is 0.317 e. The fourth-order valence-electron chi connectivity index (χ4n) is 1.55. The minimum absolute atomic E-state index is 0.119. The number of nitrogens with one attached hydrogen (secondary N) is 1. The van der Waals surface area contributed by atoms with Crippen molar-refractivity contribution in [1.82, 2.24) is 10.2 Å². The van der Waals surface area contributed by atoms with Crippen molar-refractivity contribution in [3.63, 3.8) is 0 Å². The molecule has 1 heterocycles. The molecule has 0 amide bonds. The van der Waals surface area contributed by atoms with Crippen LogP contribution in [-0.4, -0.2) is 16.2 Å². The van der Waals surface area contributed by atoms with Crippen LogP contribution < -0.4 is 11.1 Å². The fraction of sp³-hybridized carbons (Fsp3) is 0.778. The summed E-state index contributed by atoms with van der Waals surface area (Å²) in [5.41, 5.74) is 5.33. The first-order valence-corrected chi connectivity index (χ1v) is 5.13. The average molecular weight is 196 g/mol. The summed E-state index contributed by atoms with van der Waals surface area (Å²) in [7, 11) is 0. The second-order valence-electron chi connectivity index (χ2n) is 3.87. The topological polar surface area (TPSA) is 77.0 Å². The van der Waals surface area contributed by atoms with Crippen molar-refractivity contribution in [2.75, 3.05) is 11.1 Å². The Bertz CT molecular complexity index is 295. The lowest BCUT2D eigenvalue weighted by atomic mass is 10.1. The highest BCUT2D eigenvalue weighted by Gasteiger charge is 2.25. The molecule has 0 radical (unpaired) electrons. The third kappa shape index (κ3) is 2.37. The summed E-state index contributed by atoms with van der Waals surface area (Å²) in [5, 5.41) is 10.6. The monoisotopic (exact) mass is 196 g/mol. The highest BCUT2D eigenvalue weighted by atomic mass is 16.4. The Kier molecular flexibility index (Phi) is 2.56. The molecule has 0 aliphatic heterocycles. The third-order valence-electron chi connectivity index (χ3n) is 2.58. The lowest BCUT2D eigenvalue weighted by Crippen LogP contribution is -2.19. The second kappa shape index (κ2) is 3.86. The Morgan fingerprint density at radius 2 is 2.36 bits per heavy atom. The Balaban J connectivity index is 1.86. The van der Waals surface area contributed by atoms with Gasteiger partial charge in [-0.25, -0.2) is 0 Å². The van der Waals surface area contributed by atoms with E-state index in [1.807, 2.05) is 0 Å². The van der Waals surface area contributed by atoms with Crippen LogP contribution in [0.2, 0.25) is 0 Å². The van der Waals surface area contributed by atoms with Crippen LogP contribution in [0.15, 0.2) is 4.42 Å². The van der Waals surface area contributed by atoms with Gasteiger partial charge in [0.05, 0.1) is 0 Å².